The average molecular weight is 181 g/mol. The van der Waals surface area contributed by atoms with Gasteiger partial charge in [-0.25, -0.2) is 0 Å². The molecule has 0 aliphatic carbocycles. The van der Waals surface area contributed by atoms with Gasteiger partial charge in [-0.05, 0) is 23.8 Å². The molecule has 0 spiro atoms. The summed E-state index contributed by atoms with van der Waals surface area (Å²) in [5, 5.41) is 2.90. The van der Waals surface area contributed by atoms with E-state index in [1.54, 1.807) is 0 Å². The van der Waals surface area contributed by atoms with Gasteiger partial charge in [0.1, 0.15) is 0 Å². The lowest BCUT2D eigenvalue weighted by Crippen LogP contribution is -2.19. The van der Waals surface area contributed by atoms with E-state index in [9.17, 15) is 4.79 Å². The van der Waals surface area contributed by atoms with Gasteiger partial charge in [-0.1, -0.05) is 27.7 Å². The molecule has 0 aromatic carbocycles. The number of rotatable bonds is 3. The van der Waals surface area contributed by atoms with Gasteiger partial charge < -0.3 is 5.32 Å². The molecule has 74 valence electrons. The Kier molecular flexibility index (Phi) is 3.12. The highest BCUT2D eigenvalue weighted by Crippen LogP contribution is 2.26. The van der Waals surface area contributed by atoms with Crippen molar-refractivity contribution in [2.24, 2.45) is 11.8 Å². The Bertz CT molecular complexity index is 240. The van der Waals surface area contributed by atoms with E-state index >= 15 is 0 Å². The minimum absolute atomic E-state index is 0.144. The van der Waals surface area contributed by atoms with Crippen LogP contribution in [0.4, 0.5) is 0 Å². The summed E-state index contributed by atoms with van der Waals surface area (Å²) in [5.41, 5.74) is 2.34. The van der Waals surface area contributed by atoms with Crippen molar-refractivity contribution in [3.05, 3.63) is 11.1 Å². The molecule has 1 atom stereocenters. The van der Waals surface area contributed by atoms with E-state index in [0.29, 0.717) is 11.8 Å². The van der Waals surface area contributed by atoms with Crippen molar-refractivity contribution in [3.63, 3.8) is 0 Å². The van der Waals surface area contributed by atoms with E-state index < -0.39 is 0 Å². The topological polar surface area (TPSA) is 29.1 Å². The normalized spacial score (nSPS) is 19.6. The van der Waals surface area contributed by atoms with E-state index in [-0.39, 0.29) is 5.91 Å². The van der Waals surface area contributed by atoms with Crippen molar-refractivity contribution >= 4 is 5.91 Å². The van der Waals surface area contributed by atoms with Gasteiger partial charge in [-0.3, -0.25) is 4.79 Å². The quantitative estimate of drug-likeness (QED) is 0.710. The molecule has 1 heterocycles. The molecule has 0 aromatic rings. The van der Waals surface area contributed by atoms with Gasteiger partial charge in [-0.2, -0.15) is 0 Å². The molecule has 1 unspecified atom stereocenters. The summed E-state index contributed by atoms with van der Waals surface area (Å²) in [4.78, 5) is 11.5. The highest BCUT2D eigenvalue weighted by Gasteiger charge is 2.26. The minimum atomic E-state index is 0.144. The number of amides is 1. The second kappa shape index (κ2) is 3.95. The van der Waals surface area contributed by atoms with Crippen LogP contribution in [0, 0.1) is 11.8 Å². The second-order valence-electron chi connectivity index (χ2n) is 4.09. The van der Waals surface area contributed by atoms with Crippen molar-refractivity contribution in [3.8, 4) is 0 Å². The van der Waals surface area contributed by atoms with Crippen LogP contribution < -0.4 is 5.32 Å². The number of hydrogen-bond donors (Lipinski definition) is 1. The summed E-state index contributed by atoms with van der Waals surface area (Å²) in [6.07, 6.45) is 1.11. The maximum Gasteiger partial charge on any atom is 0.247 e. The fourth-order valence-corrected chi connectivity index (χ4v) is 1.83. The van der Waals surface area contributed by atoms with E-state index in [2.05, 4.69) is 33.0 Å². The van der Waals surface area contributed by atoms with Gasteiger partial charge in [0.05, 0.1) is 0 Å². The Morgan fingerprint density at radius 2 is 2.00 bits per heavy atom. The maximum absolute atomic E-state index is 11.5. The molecule has 1 rings (SSSR count). The van der Waals surface area contributed by atoms with Gasteiger partial charge in [0.15, 0.2) is 0 Å². The third-order valence-corrected chi connectivity index (χ3v) is 2.81. The molecule has 1 amide bonds. The zero-order chi connectivity index (χ0) is 10.0. The molecule has 1 aliphatic rings. The van der Waals surface area contributed by atoms with Crippen LogP contribution in [0.1, 0.15) is 34.1 Å². The highest BCUT2D eigenvalue weighted by molar-refractivity contribution is 5.97. The third kappa shape index (κ3) is 1.93. The summed E-state index contributed by atoms with van der Waals surface area (Å²) in [6, 6.07) is 0. The Morgan fingerprint density at radius 3 is 2.46 bits per heavy atom. The lowest BCUT2D eigenvalue weighted by Gasteiger charge is -2.13. The first-order valence-corrected chi connectivity index (χ1v) is 5.09. The number of nitrogens with one attached hydrogen (secondary N) is 1. The Morgan fingerprint density at radius 1 is 1.38 bits per heavy atom. The van der Waals surface area contributed by atoms with Gasteiger partial charge in [-0.15, -0.1) is 0 Å². The molecule has 1 N–H and O–H groups in total. The zero-order valence-corrected chi connectivity index (χ0v) is 8.98. The first-order valence-electron chi connectivity index (χ1n) is 5.09. The maximum atomic E-state index is 11.5. The largest absolute Gasteiger partial charge is 0.349 e. The second-order valence-corrected chi connectivity index (χ2v) is 4.09. The molecule has 0 bridgehead atoms. The fraction of sp³-hybridized carbons (Fsp3) is 0.727. The molecule has 0 fully saturated rings. The lowest BCUT2D eigenvalue weighted by molar-refractivity contribution is -0.117. The van der Waals surface area contributed by atoms with E-state index in [4.69, 9.17) is 0 Å². The van der Waals surface area contributed by atoms with Crippen LogP contribution in [0.15, 0.2) is 11.1 Å². The van der Waals surface area contributed by atoms with Crippen LogP contribution in [-0.4, -0.2) is 12.5 Å². The van der Waals surface area contributed by atoms with Crippen LogP contribution in [0.3, 0.4) is 0 Å². The summed E-state index contributed by atoms with van der Waals surface area (Å²) in [6.45, 7) is 9.29. The van der Waals surface area contributed by atoms with Crippen LogP contribution in [0.25, 0.3) is 0 Å². The van der Waals surface area contributed by atoms with Crippen LogP contribution >= 0.6 is 0 Å². The predicted molar refractivity (Wildman–Crippen MR) is 54.3 cm³/mol. The van der Waals surface area contributed by atoms with Crippen molar-refractivity contribution in [1.82, 2.24) is 5.32 Å². The minimum Gasteiger partial charge on any atom is -0.349 e. The summed E-state index contributed by atoms with van der Waals surface area (Å²) < 4.78 is 0. The first-order chi connectivity index (χ1) is 6.07. The molecule has 0 aromatic heterocycles. The van der Waals surface area contributed by atoms with E-state index in [1.807, 2.05) is 0 Å². The molecule has 2 heteroatoms. The van der Waals surface area contributed by atoms with Crippen molar-refractivity contribution < 1.29 is 4.79 Å². The van der Waals surface area contributed by atoms with Crippen LogP contribution in [0.5, 0.6) is 0 Å². The lowest BCUT2D eigenvalue weighted by atomic mass is 9.90. The first kappa shape index (κ1) is 10.3. The monoisotopic (exact) mass is 181 g/mol. The molecule has 1 aliphatic heterocycles. The molecular formula is C11H19NO. The molecule has 0 radical (unpaired) electrons. The third-order valence-electron chi connectivity index (χ3n) is 2.81. The van der Waals surface area contributed by atoms with E-state index in [1.165, 1.54) is 5.57 Å². The molecule has 2 nitrogen and oxygen atoms in total. The Hall–Kier alpha value is -0.790. The van der Waals surface area contributed by atoms with E-state index in [0.717, 1.165) is 18.5 Å². The van der Waals surface area contributed by atoms with Crippen LogP contribution in [-0.2, 0) is 4.79 Å². The summed E-state index contributed by atoms with van der Waals surface area (Å²) in [7, 11) is 0. The van der Waals surface area contributed by atoms with Crippen molar-refractivity contribution in [2.45, 2.75) is 34.1 Å². The van der Waals surface area contributed by atoms with Crippen LogP contribution in [0.2, 0.25) is 0 Å². The van der Waals surface area contributed by atoms with Gasteiger partial charge in [0.25, 0.3) is 0 Å². The zero-order valence-electron chi connectivity index (χ0n) is 8.98. The Labute approximate surface area is 80.4 Å². The van der Waals surface area contributed by atoms with Gasteiger partial charge in [0, 0.05) is 12.1 Å². The smallest absolute Gasteiger partial charge is 0.247 e. The van der Waals surface area contributed by atoms with Gasteiger partial charge >= 0.3 is 0 Å². The average Bonchev–Trinajstić information content (AvgIpc) is 2.45. The standard InChI is InChI=1S/C11H19NO/c1-5-8(4)9-6-12-11(13)10(9)7(2)3/h7-8H,5-6H2,1-4H3,(H,12,13). The summed E-state index contributed by atoms with van der Waals surface area (Å²) in [5.74, 6) is 1.04. The molecular weight excluding hydrogens is 162 g/mol. The Balaban J connectivity index is 2.95. The van der Waals surface area contributed by atoms with Gasteiger partial charge in [0.2, 0.25) is 5.91 Å². The number of carbonyl (C=O) groups excluding carboxylic acids is 1. The predicted octanol–water partition coefficient (Wildman–Crippen LogP) is 2.11. The van der Waals surface area contributed by atoms with Crippen molar-refractivity contribution in [2.75, 3.05) is 6.54 Å². The molecule has 13 heavy (non-hydrogen) atoms. The SMILES string of the molecule is CCC(C)C1=C(C(C)C)C(=O)NC1. The molecule has 0 saturated heterocycles. The fourth-order valence-electron chi connectivity index (χ4n) is 1.83. The number of carbonyl (C=O) groups is 1. The van der Waals surface area contributed by atoms with Crippen molar-refractivity contribution in [1.29, 1.82) is 0 Å². The highest BCUT2D eigenvalue weighted by atomic mass is 16.1. The summed E-state index contributed by atoms with van der Waals surface area (Å²) >= 11 is 0. The number of hydrogen-bond acceptors (Lipinski definition) is 1. The molecule has 0 saturated carbocycles.